The minimum Gasteiger partial charge on any atom is -0.508 e. The molecule has 0 saturated carbocycles. The lowest BCUT2D eigenvalue weighted by Crippen LogP contribution is -2.40. The molecule has 0 amide bonds. The third-order valence-electron chi connectivity index (χ3n) is 3.96. The molecule has 0 aromatic heterocycles. The monoisotopic (exact) mass is 377 g/mol. The molecule has 8 heteroatoms. The van der Waals surface area contributed by atoms with Crippen LogP contribution in [0.25, 0.3) is 0 Å². The zero-order valence-electron chi connectivity index (χ0n) is 14.0. The highest BCUT2D eigenvalue weighted by atomic mass is 32.2. The van der Waals surface area contributed by atoms with Crippen molar-refractivity contribution >= 4 is 16.0 Å². The fourth-order valence-electron chi connectivity index (χ4n) is 2.60. The van der Waals surface area contributed by atoms with E-state index < -0.39 is 16.0 Å². The fourth-order valence-corrected chi connectivity index (χ4v) is 4.08. The van der Waals surface area contributed by atoms with Crippen molar-refractivity contribution in [3.8, 4) is 5.75 Å². The molecule has 2 aromatic rings. The quantitative estimate of drug-likeness (QED) is 0.799. The molecular formula is C18H19NO6S. The Morgan fingerprint density at radius 2 is 1.85 bits per heavy atom. The summed E-state index contributed by atoms with van der Waals surface area (Å²) in [6.07, 6.45) is 0. The van der Waals surface area contributed by atoms with Crippen LogP contribution < -0.4 is 0 Å². The third-order valence-corrected chi connectivity index (χ3v) is 5.85. The maximum atomic E-state index is 12.7. The molecule has 0 atom stereocenters. The largest absolute Gasteiger partial charge is 0.508 e. The molecule has 1 aliphatic rings. The Morgan fingerprint density at radius 1 is 1.12 bits per heavy atom. The van der Waals surface area contributed by atoms with Crippen LogP contribution in [0.15, 0.2) is 53.4 Å². The second-order valence-corrected chi connectivity index (χ2v) is 7.73. The van der Waals surface area contributed by atoms with Crippen molar-refractivity contribution in [2.75, 3.05) is 26.3 Å². The van der Waals surface area contributed by atoms with E-state index in [0.717, 1.165) is 0 Å². The van der Waals surface area contributed by atoms with Crippen LogP contribution in [0.1, 0.15) is 15.9 Å². The van der Waals surface area contributed by atoms with Gasteiger partial charge in [-0.15, -0.1) is 0 Å². The molecular weight excluding hydrogens is 358 g/mol. The number of phenolic OH excluding ortho intramolecular Hbond substituents is 1. The Balaban J connectivity index is 1.70. The lowest BCUT2D eigenvalue weighted by Gasteiger charge is -2.26. The van der Waals surface area contributed by atoms with Gasteiger partial charge in [-0.3, -0.25) is 0 Å². The van der Waals surface area contributed by atoms with Crippen molar-refractivity contribution in [2.24, 2.45) is 0 Å². The van der Waals surface area contributed by atoms with Crippen LogP contribution in [0, 0.1) is 0 Å². The molecule has 138 valence electrons. The molecule has 0 radical (unpaired) electrons. The van der Waals surface area contributed by atoms with E-state index in [2.05, 4.69) is 0 Å². The number of benzene rings is 2. The first-order valence-corrected chi connectivity index (χ1v) is 9.54. The summed E-state index contributed by atoms with van der Waals surface area (Å²) < 4.78 is 37.1. The van der Waals surface area contributed by atoms with Gasteiger partial charge in [-0.2, -0.15) is 4.31 Å². The van der Waals surface area contributed by atoms with Crippen molar-refractivity contribution in [3.63, 3.8) is 0 Å². The number of phenols is 1. The summed E-state index contributed by atoms with van der Waals surface area (Å²) in [5, 5.41) is 9.41. The topological polar surface area (TPSA) is 93.1 Å². The van der Waals surface area contributed by atoms with Gasteiger partial charge in [0.2, 0.25) is 10.0 Å². The van der Waals surface area contributed by atoms with Crippen molar-refractivity contribution in [1.29, 1.82) is 0 Å². The molecule has 0 unspecified atom stereocenters. The van der Waals surface area contributed by atoms with Crippen molar-refractivity contribution in [2.45, 2.75) is 11.5 Å². The number of aromatic hydroxyl groups is 1. The number of sulfonamides is 1. The molecule has 0 aliphatic carbocycles. The first-order chi connectivity index (χ1) is 12.5. The fraction of sp³-hybridized carbons (Fsp3) is 0.278. The number of hydrogen-bond acceptors (Lipinski definition) is 6. The molecule has 0 spiro atoms. The molecule has 1 N–H and O–H groups in total. The SMILES string of the molecule is O=C(OCc1cccc(S(=O)(=O)N2CCOCC2)c1)c1cccc(O)c1. The molecule has 1 fully saturated rings. The van der Waals surface area contributed by atoms with E-state index in [0.29, 0.717) is 31.9 Å². The smallest absolute Gasteiger partial charge is 0.338 e. The van der Waals surface area contributed by atoms with Crippen molar-refractivity contribution in [1.82, 2.24) is 4.31 Å². The highest BCUT2D eigenvalue weighted by Gasteiger charge is 2.26. The summed E-state index contributed by atoms with van der Waals surface area (Å²) in [6.45, 7) is 1.32. The van der Waals surface area contributed by atoms with Gasteiger partial charge in [-0.25, -0.2) is 13.2 Å². The number of rotatable bonds is 5. The van der Waals surface area contributed by atoms with E-state index in [4.69, 9.17) is 9.47 Å². The van der Waals surface area contributed by atoms with Gasteiger partial charge in [-0.05, 0) is 35.9 Å². The van der Waals surface area contributed by atoms with E-state index >= 15 is 0 Å². The second kappa shape index (κ2) is 7.86. The average molecular weight is 377 g/mol. The molecule has 1 aliphatic heterocycles. The van der Waals surface area contributed by atoms with Gasteiger partial charge in [0.15, 0.2) is 0 Å². The first kappa shape index (κ1) is 18.4. The number of morpholine rings is 1. The van der Waals surface area contributed by atoms with Crippen molar-refractivity contribution < 1.29 is 27.8 Å². The number of carbonyl (C=O) groups is 1. The second-order valence-electron chi connectivity index (χ2n) is 5.79. The minimum absolute atomic E-state index is 0.0296. The number of ether oxygens (including phenoxy) is 2. The molecule has 0 bridgehead atoms. The van der Waals surface area contributed by atoms with Gasteiger partial charge < -0.3 is 14.6 Å². The van der Waals surface area contributed by atoms with Crippen LogP contribution in [-0.4, -0.2) is 50.1 Å². The zero-order chi connectivity index (χ0) is 18.6. The lowest BCUT2D eigenvalue weighted by atomic mass is 10.2. The van der Waals surface area contributed by atoms with E-state index in [1.54, 1.807) is 18.2 Å². The Labute approximate surface area is 151 Å². The molecule has 3 rings (SSSR count). The molecule has 1 heterocycles. The Morgan fingerprint density at radius 3 is 2.58 bits per heavy atom. The summed E-state index contributed by atoms with van der Waals surface area (Å²) in [7, 11) is -3.60. The maximum absolute atomic E-state index is 12.7. The van der Waals surface area contributed by atoms with E-state index in [1.165, 1.54) is 34.6 Å². The highest BCUT2D eigenvalue weighted by molar-refractivity contribution is 7.89. The van der Waals surface area contributed by atoms with Gasteiger partial charge in [0, 0.05) is 13.1 Å². The van der Waals surface area contributed by atoms with Crippen LogP contribution in [-0.2, 0) is 26.1 Å². The highest BCUT2D eigenvalue weighted by Crippen LogP contribution is 2.19. The Hall–Kier alpha value is -2.42. The van der Waals surface area contributed by atoms with Gasteiger partial charge in [0.1, 0.15) is 12.4 Å². The Bertz CT molecular complexity index is 890. The summed E-state index contributed by atoms with van der Waals surface area (Å²) in [6, 6.07) is 12.2. The zero-order valence-corrected chi connectivity index (χ0v) is 14.8. The van der Waals surface area contributed by atoms with Gasteiger partial charge in [0.05, 0.1) is 23.7 Å². The average Bonchev–Trinajstić information content (AvgIpc) is 2.67. The minimum atomic E-state index is -3.60. The van der Waals surface area contributed by atoms with E-state index in [1.807, 2.05) is 0 Å². The molecule has 1 saturated heterocycles. The summed E-state index contributed by atoms with van der Waals surface area (Å²) in [5.74, 6) is -0.625. The number of esters is 1. The van der Waals surface area contributed by atoms with Gasteiger partial charge in [-0.1, -0.05) is 18.2 Å². The summed E-state index contributed by atoms with van der Waals surface area (Å²) in [5.41, 5.74) is 0.787. The number of carbonyl (C=O) groups excluding carboxylic acids is 1. The molecule has 7 nitrogen and oxygen atoms in total. The van der Waals surface area contributed by atoms with Crippen LogP contribution in [0.2, 0.25) is 0 Å². The molecule has 26 heavy (non-hydrogen) atoms. The maximum Gasteiger partial charge on any atom is 0.338 e. The predicted octanol–water partition coefficient (Wildman–Crippen LogP) is 1.77. The number of nitrogens with zero attached hydrogens (tertiary/aromatic N) is 1. The van der Waals surface area contributed by atoms with E-state index in [9.17, 15) is 18.3 Å². The first-order valence-electron chi connectivity index (χ1n) is 8.10. The van der Waals surface area contributed by atoms with Crippen LogP contribution in [0.3, 0.4) is 0 Å². The van der Waals surface area contributed by atoms with Crippen LogP contribution >= 0.6 is 0 Å². The van der Waals surface area contributed by atoms with Crippen LogP contribution in [0.4, 0.5) is 0 Å². The van der Waals surface area contributed by atoms with Gasteiger partial charge >= 0.3 is 5.97 Å². The van der Waals surface area contributed by atoms with Gasteiger partial charge in [0.25, 0.3) is 0 Å². The summed E-state index contributed by atoms with van der Waals surface area (Å²) >= 11 is 0. The van der Waals surface area contributed by atoms with E-state index in [-0.39, 0.29) is 22.8 Å². The number of hydrogen-bond donors (Lipinski definition) is 1. The lowest BCUT2D eigenvalue weighted by molar-refractivity contribution is 0.0472. The summed E-state index contributed by atoms with van der Waals surface area (Å²) in [4.78, 5) is 12.2. The molecule has 2 aromatic carbocycles. The van der Waals surface area contributed by atoms with Crippen LogP contribution in [0.5, 0.6) is 5.75 Å². The van der Waals surface area contributed by atoms with Crippen molar-refractivity contribution in [3.05, 3.63) is 59.7 Å². The predicted molar refractivity (Wildman–Crippen MR) is 93.2 cm³/mol. The standard InChI is InChI=1S/C18H19NO6S/c20-16-5-2-4-15(12-16)18(21)25-13-14-3-1-6-17(11-14)26(22,23)19-7-9-24-10-8-19/h1-6,11-12,20H,7-10,13H2. The normalized spacial score (nSPS) is 15.5. The third kappa shape index (κ3) is 4.21. The Kier molecular flexibility index (Phi) is 5.55.